The normalized spacial score (nSPS) is 10.9. The third-order valence-electron chi connectivity index (χ3n) is 2.71. The van der Waals surface area contributed by atoms with E-state index in [1.807, 2.05) is 35.3 Å². The van der Waals surface area contributed by atoms with Crippen molar-refractivity contribution < 1.29 is 4.74 Å². The van der Waals surface area contributed by atoms with Gasteiger partial charge in [0.15, 0.2) is 0 Å². The fourth-order valence-corrected chi connectivity index (χ4v) is 1.74. The van der Waals surface area contributed by atoms with Gasteiger partial charge in [0.2, 0.25) is 5.88 Å². The summed E-state index contributed by atoms with van der Waals surface area (Å²) in [5.74, 6) is 0.638. The second-order valence-electron chi connectivity index (χ2n) is 4.74. The molecule has 0 spiro atoms. The van der Waals surface area contributed by atoms with Gasteiger partial charge < -0.3 is 14.6 Å². The summed E-state index contributed by atoms with van der Waals surface area (Å²) in [7, 11) is 1.62. The number of nitrogens with one attached hydrogen (secondary N) is 1. The lowest BCUT2D eigenvalue weighted by atomic mass is 10.3. The van der Waals surface area contributed by atoms with Gasteiger partial charge in [0.1, 0.15) is 0 Å². The number of hydrogen-bond acceptors (Lipinski definition) is 4. The summed E-state index contributed by atoms with van der Waals surface area (Å²) in [6, 6.07) is 6.23. The van der Waals surface area contributed by atoms with Crippen LogP contribution in [0.5, 0.6) is 5.88 Å². The minimum Gasteiger partial charge on any atom is -0.481 e. The number of rotatable bonds is 6. The van der Waals surface area contributed by atoms with Crippen molar-refractivity contribution in [2.45, 2.75) is 33.0 Å². The van der Waals surface area contributed by atoms with E-state index in [0.717, 1.165) is 17.9 Å². The summed E-state index contributed by atoms with van der Waals surface area (Å²) in [5, 5.41) is 3.35. The van der Waals surface area contributed by atoms with Gasteiger partial charge in [-0.05, 0) is 6.07 Å². The third kappa shape index (κ3) is 4.06. The Kier molecular flexibility index (Phi) is 4.52. The summed E-state index contributed by atoms with van der Waals surface area (Å²) in [6.45, 7) is 5.73. The molecule has 0 radical (unpaired) electrons. The molecule has 0 aliphatic carbocycles. The second-order valence-corrected chi connectivity index (χ2v) is 4.74. The van der Waals surface area contributed by atoms with Crippen LogP contribution in [0.4, 0.5) is 0 Å². The first-order valence-electron chi connectivity index (χ1n) is 6.41. The highest BCUT2D eigenvalue weighted by Crippen LogP contribution is 2.08. The molecule has 2 aromatic rings. The predicted octanol–water partition coefficient (Wildman–Crippen LogP) is 1.83. The maximum Gasteiger partial charge on any atom is 0.213 e. The maximum absolute atomic E-state index is 5.12. The van der Waals surface area contributed by atoms with Crippen molar-refractivity contribution >= 4 is 0 Å². The van der Waals surface area contributed by atoms with E-state index in [1.165, 1.54) is 0 Å². The average molecular weight is 260 g/mol. The second kappa shape index (κ2) is 6.33. The van der Waals surface area contributed by atoms with E-state index in [0.29, 0.717) is 18.5 Å². The molecule has 0 saturated heterocycles. The molecule has 0 saturated carbocycles. The molecule has 0 atom stereocenters. The van der Waals surface area contributed by atoms with E-state index in [1.54, 1.807) is 7.11 Å². The molecule has 102 valence electrons. The van der Waals surface area contributed by atoms with Crippen LogP contribution in [0.3, 0.4) is 0 Å². The molecular formula is C14H20N4O. The first kappa shape index (κ1) is 13.5. The Hall–Kier alpha value is -1.88. The number of ether oxygens (including phenoxy) is 1. The van der Waals surface area contributed by atoms with Crippen LogP contribution in [0.2, 0.25) is 0 Å². The standard InChI is InChI=1S/C14H20N4O/c1-11(2)15-7-13-9-18(10-16-13)8-12-5-4-6-14(17-12)19-3/h4-6,9-11,15H,7-8H2,1-3H3. The van der Waals surface area contributed by atoms with Gasteiger partial charge in [-0.15, -0.1) is 0 Å². The third-order valence-corrected chi connectivity index (χ3v) is 2.71. The van der Waals surface area contributed by atoms with E-state index in [2.05, 4.69) is 29.1 Å². The number of hydrogen-bond donors (Lipinski definition) is 1. The van der Waals surface area contributed by atoms with Gasteiger partial charge in [0.05, 0.1) is 31.4 Å². The van der Waals surface area contributed by atoms with E-state index >= 15 is 0 Å². The molecule has 0 bridgehead atoms. The van der Waals surface area contributed by atoms with Gasteiger partial charge in [0.25, 0.3) is 0 Å². The SMILES string of the molecule is COc1cccc(Cn2cnc(CNC(C)C)c2)n1. The summed E-state index contributed by atoms with van der Waals surface area (Å²) in [4.78, 5) is 8.75. The van der Waals surface area contributed by atoms with Crippen LogP contribution < -0.4 is 10.1 Å². The highest BCUT2D eigenvalue weighted by molar-refractivity contribution is 5.16. The van der Waals surface area contributed by atoms with Gasteiger partial charge in [-0.2, -0.15) is 0 Å². The Labute approximate surface area is 113 Å². The highest BCUT2D eigenvalue weighted by Gasteiger charge is 2.02. The molecule has 2 aromatic heterocycles. The zero-order valence-corrected chi connectivity index (χ0v) is 11.6. The van der Waals surface area contributed by atoms with Crippen molar-refractivity contribution in [3.63, 3.8) is 0 Å². The Morgan fingerprint density at radius 3 is 2.89 bits per heavy atom. The molecular weight excluding hydrogens is 240 g/mol. The summed E-state index contributed by atoms with van der Waals surface area (Å²) in [6.07, 6.45) is 3.87. The molecule has 5 nitrogen and oxygen atoms in total. The van der Waals surface area contributed by atoms with Crippen LogP contribution in [0.1, 0.15) is 25.2 Å². The molecule has 0 aliphatic rings. The summed E-state index contributed by atoms with van der Waals surface area (Å²) < 4.78 is 7.14. The topological polar surface area (TPSA) is 52.0 Å². The van der Waals surface area contributed by atoms with Crippen LogP contribution in [-0.4, -0.2) is 27.7 Å². The molecule has 1 N–H and O–H groups in total. The molecule has 0 aliphatic heterocycles. The van der Waals surface area contributed by atoms with Gasteiger partial charge in [-0.1, -0.05) is 19.9 Å². The molecule has 5 heteroatoms. The van der Waals surface area contributed by atoms with Crippen LogP contribution in [0.25, 0.3) is 0 Å². The molecule has 0 aromatic carbocycles. The Bertz CT molecular complexity index is 522. The van der Waals surface area contributed by atoms with Crippen molar-refractivity contribution in [3.05, 3.63) is 42.1 Å². The number of imidazole rings is 1. The lowest BCUT2D eigenvalue weighted by Gasteiger charge is -2.05. The number of aromatic nitrogens is 3. The molecule has 0 unspecified atom stereocenters. The van der Waals surface area contributed by atoms with Crippen LogP contribution >= 0.6 is 0 Å². The first-order valence-corrected chi connectivity index (χ1v) is 6.41. The van der Waals surface area contributed by atoms with Gasteiger partial charge in [-0.25, -0.2) is 9.97 Å². The molecule has 0 amide bonds. The van der Waals surface area contributed by atoms with E-state index in [4.69, 9.17) is 4.74 Å². The molecule has 2 heterocycles. The largest absolute Gasteiger partial charge is 0.481 e. The zero-order valence-electron chi connectivity index (χ0n) is 11.6. The van der Waals surface area contributed by atoms with Crippen molar-refractivity contribution in [2.75, 3.05) is 7.11 Å². The molecule has 0 fully saturated rings. The number of nitrogens with zero attached hydrogens (tertiary/aromatic N) is 3. The van der Waals surface area contributed by atoms with Crippen LogP contribution in [-0.2, 0) is 13.1 Å². The average Bonchev–Trinajstić information content (AvgIpc) is 2.84. The fraction of sp³-hybridized carbons (Fsp3) is 0.429. The highest BCUT2D eigenvalue weighted by atomic mass is 16.5. The van der Waals surface area contributed by atoms with E-state index < -0.39 is 0 Å². The Balaban J connectivity index is 1.99. The van der Waals surface area contributed by atoms with Crippen molar-refractivity contribution in [2.24, 2.45) is 0 Å². The summed E-state index contributed by atoms with van der Waals surface area (Å²) in [5.41, 5.74) is 2.00. The van der Waals surface area contributed by atoms with Crippen LogP contribution in [0.15, 0.2) is 30.7 Å². The van der Waals surface area contributed by atoms with Crippen molar-refractivity contribution in [1.82, 2.24) is 19.9 Å². The minimum atomic E-state index is 0.463. The quantitative estimate of drug-likeness (QED) is 0.861. The zero-order chi connectivity index (χ0) is 13.7. The van der Waals surface area contributed by atoms with Crippen molar-refractivity contribution in [1.29, 1.82) is 0 Å². The minimum absolute atomic E-state index is 0.463. The predicted molar refractivity (Wildman–Crippen MR) is 74.1 cm³/mol. The maximum atomic E-state index is 5.12. The first-order chi connectivity index (χ1) is 9.17. The Morgan fingerprint density at radius 2 is 2.16 bits per heavy atom. The van der Waals surface area contributed by atoms with Gasteiger partial charge >= 0.3 is 0 Å². The van der Waals surface area contributed by atoms with E-state index in [9.17, 15) is 0 Å². The summed E-state index contributed by atoms with van der Waals surface area (Å²) >= 11 is 0. The van der Waals surface area contributed by atoms with Gasteiger partial charge in [-0.3, -0.25) is 0 Å². The van der Waals surface area contributed by atoms with Crippen molar-refractivity contribution in [3.8, 4) is 5.88 Å². The van der Waals surface area contributed by atoms with E-state index in [-0.39, 0.29) is 0 Å². The smallest absolute Gasteiger partial charge is 0.213 e. The van der Waals surface area contributed by atoms with Gasteiger partial charge in [0, 0.05) is 24.8 Å². The van der Waals surface area contributed by atoms with Crippen LogP contribution in [0, 0.1) is 0 Å². The lowest BCUT2D eigenvalue weighted by Crippen LogP contribution is -2.21. The number of pyridine rings is 1. The lowest BCUT2D eigenvalue weighted by molar-refractivity contribution is 0.396. The fourth-order valence-electron chi connectivity index (χ4n) is 1.74. The monoisotopic (exact) mass is 260 g/mol. The number of methoxy groups -OCH3 is 1. The molecule has 19 heavy (non-hydrogen) atoms. The Morgan fingerprint density at radius 1 is 1.32 bits per heavy atom. The molecule has 2 rings (SSSR count).